The van der Waals surface area contributed by atoms with E-state index in [1.807, 2.05) is 0 Å². The lowest BCUT2D eigenvalue weighted by Crippen LogP contribution is -2.15. The lowest BCUT2D eigenvalue weighted by atomic mass is 9.89. The highest BCUT2D eigenvalue weighted by Crippen LogP contribution is 2.35. The van der Waals surface area contributed by atoms with Crippen molar-refractivity contribution in [1.82, 2.24) is 0 Å². The number of rotatable bonds is 8. The molecule has 0 fully saturated rings. The van der Waals surface area contributed by atoms with Crippen LogP contribution in [-0.4, -0.2) is 12.4 Å². The van der Waals surface area contributed by atoms with Crippen molar-refractivity contribution < 1.29 is 0 Å². The average molecular weight is 422 g/mol. The van der Waals surface area contributed by atoms with Crippen LogP contribution >= 0.6 is 7.92 Å². The molecule has 2 atom stereocenters. The Morgan fingerprint density at radius 3 is 1.52 bits per heavy atom. The van der Waals surface area contributed by atoms with Gasteiger partial charge in [-0.05, 0) is 29.7 Å². The van der Waals surface area contributed by atoms with Crippen molar-refractivity contribution in [1.29, 1.82) is 0 Å². The molecule has 0 amide bonds. The molecular weight excluding hydrogens is 393 g/mol. The minimum Gasteiger partial charge on any atom is -0.288 e. The van der Waals surface area contributed by atoms with Crippen molar-refractivity contribution in [3.8, 4) is 0 Å². The SMILES string of the molecule is CC(c1ccccc1)[C@H](N=CCP(c1ccccc1)c1ccccc1)c1ccccc1. The molecule has 1 unspecified atom stereocenters. The van der Waals surface area contributed by atoms with E-state index in [9.17, 15) is 0 Å². The van der Waals surface area contributed by atoms with Crippen molar-refractivity contribution >= 4 is 24.7 Å². The molecule has 0 saturated carbocycles. The van der Waals surface area contributed by atoms with E-state index >= 15 is 0 Å². The number of benzene rings is 4. The first-order valence-corrected chi connectivity index (χ1v) is 12.3. The highest BCUT2D eigenvalue weighted by molar-refractivity contribution is 7.73. The van der Waals surface area contributed by atoms with E-state index in [0.717, 1.165) is 6.16 Å². The molecule has 31 heavy (non-hydrogen) atoms. The Morgan fingerprint density at radius 1 is 0.613 bits per heavy atom. The molecule has 0 aliphatic rings. The maximum Gasteiger partial charge on any atom is 0.0811 e. The summed E-state index contributed by atoms with van der Waals surface area (Å²) in [6, 6.07) is 43.2. The van der Waals surface area contributed by atoms with Gasteiger partial charge in [0.25, 0.3) is 0 Å². The van der Waals surface area contributed by atoms with Crippen LogP contribution < -0.4 is 10.6 Å². The summed E-state index contributed by atoms with van der Waals surface area (Å²) < 4.78 is 0. The normalized spacial score (nSPS) is 13.4. The zero-order chi connectivity index (χ0) is 21.3. The Morgan fingerprint density at radius 2 is 1.03 bits per heavy atom. The molecule has 4 aromatic carbocycles. The third-order valence-corrected chi connectivity index (χ3v) is 7.98. The zero-order valence-corrected chi connectivity index (χ0v) is 18.8. The van der Waals surface area contributed by atoms with Gasteiger partial charge in [-0.1, -0.05) is 128 Å². The Labute approximate surface area is 187 Å². The minimum absolute atomic E-state index is 0.104. The number of nitrogens with zero attached hydrogens (tertiary/aromatic N) is 1. The Kier molecular flexibility index (Phi) is 7.42. The summed E-state index contributed by atoms with van der Waals surface area (Å²) in [5.74, 6) is 0.305. The highest BCUT2D eigenvalue weighted by Gasteiger charge is 2.20. The fourth-order valence-corrected chi connectivity index (χ4v) is 5.95. The third kappa shape index (κ3) is 5.57. The summed E-state index contributed by atoms with van der Waals surface area (Å²) >= 11 is 0. The van der Waals surface area contributed by atoms with Crippen LogP contribution in [0.4, 0.5) is 0 Å². The van der Waals surface area contributed by atoms with Crippen LogP contribution in [0.1, 0.15) is 30.0 Å². The molecule has 0 aliphatic heterocycles. The highest BCUT2D eigenvalue weighted by atomic mass is 31.1. The van der Waals surface area contributed by atoms with Gasteiger partial charge in [0.05, 0.1) is 6.04 Å². The standard InChI is InChI=1S/C29H28NP/c1-24(25-14-6-2-7-15-25)29(26-16-8-3-9-17-26)30-22-23-31(27-18-10-4-11-19-27)28-20-12-5-13-21-28/h2-22,24,29H,23H2,1H3/t24?,29-/m0/s1. The van der Waals surface area contributed by atoms with Crippen LogP contribution in [0.25, 0.3) is 0 Å². The Bertz CT molecular complexity index is 1020. The van der Waals surface area contributed by atoms with Gasteiger partial charge in [0.1, 0.15) is 0 Å². The van der Waals surface area contributed by atoms with Crippen LogP contribution in [0.5, 0.6) is 0 Å². The van der Waals surface area contributed by atoms with E-state index in [0.29, 0.717) is 5.92 Å². The molecule has 0 aromatic heterocycles. The Balaban J connectivity index is 1.62. The molecule has 0 saturated heterocycles. The topological polar surface area (TPSA) is 12.4 Å². The quantitative estimate of drug-likeness (QED) is 0.221. The predicted octanol–water partition coefficient (Wildman–Crippen LogP) is 6.74. The number of hydrogen-bond acceptors (Lipinski definition) is 1. The average Bonchev–Trinajstić information content (AvgIpc) is 2.86. The van der Waals surface area contributed by atoms with Gasteiger partial charge in [-0.15, -0.1) is 0 Å². The zero-order valence-electron chi connectivity index (χ0n) is 17.9. The summed E-state index contributed by atoms with van der Waals surface area (Å²) in [5.41, 5.74) is 2.58. The predicted molar refractivity (Wildman–Crippen MR) is 136 cm³/mol. The van der Waals surface area contributed by atoms with Gasteiger partial charge in [0, 0.05) is 18.3 Å². The van der Waals surface area contributed by atoms with Gasteiger partial charge < -0.3 is 0 Å². The summed E-state index contributed by atoms with van der Waals surface area (Å²) in [7, 11) is -0.473. The van der Waals surface area contributed by atoms with E-state index in [1.54, 1.807) is 0 Å². The smallest absolute Gasteiger partial charge is 0.0811 e. The second-order valence-corrected chi connectivity index (χ2v) is 9.92. The molecule has 2 heteroatoms. The van der Waals surface area contributed by atoms with E-state index in [1.165, 1.54) is 21.7 Å². The molecule has 0 N–H and O–H groups in total. The molecule has 154 valence electrons. The van der Waals surface area contributed by atoms with Crippen LogP contribution in [0.3, 0.4) is 0 Å². The monoisotopic (exact) mass is 421 g/mol. The maximum absolute atomic E-state index is 5.15. The molecule has 0 heterocycles. The first kappa shape index (κ1) is 21.2. The second-order valence-electron chi connectivity index (χ2n) is 7.67. The summed E-state index contributed by atoms with van der Waals surface area (Å²) in [5, 5.41) is 2.78. The number of aliphatic imine (C=N–C) groups is 1. The molecule has 0 aliphatic carbocycles. The van der Waals surface area contributed by atoms with Crippen molar-refractivity contribution in [2.24, 2.45) is 4.99 Å². The summed E-state index contributed by atoms with van der Waals surface area (Å²) in [6.07, 6.45) is 3.11. The molecule has 1 nitrogen and oxygen atoms in total. The van der Waals surface area contributed by atoms with Crippen LogP contribution in [0.15, 0.2) is 126 Å². The van der Waals surface area contributed by atoms with Crippen molar-refractivity contribution in [2.75, 3.05) is 6.16 Å². The first-order chi connectivity index (χ1) is 15.3. The van der Waals surface area contributed by atoms with E-state index in [4.69, 9.17) is 4.99 Å². The van der Waals surface area contributed by atoms with Crippen molar-refractivity contribution in [2.45, 2.75) is 18.9 Å². The first-order valence-electron chi connectivity index (χ1n) is 10.8. The maximum atomic E-state index is 5.15. The second kappa shape index (κ2) is 10.8. The molecule has 0 spiro atoms. The van der Waals surface area contributed by atoms with E-state index < -0.39 is 7.92 Å². The van der Waals surface area contributed by atoms with Gasteiger partial charge >= 0.3 is 0 Å². The van der Waals surface area contributed by atoms with Gasteiger partial charge in [-0.25, -0.2) is 0 Å². The minimum atomic E-state index is -0.473. The van der Waals surface area contributed by atoms with Crippen LogP contribution in [-0.2, 0) is 0 Å². The molecule has 4 aromatic rings. The molecule has 0 radical (unpaired) electrons. The van der Waals surface area contributed by atoms with Gasteiger partial charge in [0.2, 0.25) is 0 Å². The van der Waals surface area contributed by atoms with Crippen molar-refractivity contribution in [3.63, 3.8) is 0 Å². The van der Waals surface area contributed by atoms with Crippen LogP contribution in [0, 0.1) is 0 Å². The lowest BCUT2D eigenvalue weighted by Gasteiger charge is -2.22. The fraction of sp³-hybridized carbons (Fsp3) is 0.138. The third-order valence-electron chi connectivity index (χ3n) is 5.61. The van der Waals surface area contributed by atoms with Crippen LogP contribution in [0.2, 0.25) is 0 Å². The van der Waals surface area contributed by atoms with Gasteiger partial charge in [0.15, 0.2) is 0 Å². The summed E-state index contributed by atoms with van der Waals surface area (Å²) in [6.45, 7) is 2.28. The van der Waals surface area contributed by atoms with Gasteiger partial charge in [-0.3, -0.25) is 4.99 Å². The molecule has 0 bridgehead atoms. The van der Waals surface area contributed by atoms with E-state index in [2.05, 4.69) is 134 Å². The number of hydrogen-bond donors (Lipinski definition) is 0. The van der Waals surface area contributed by atoms with Crippen molar-refractivity contribution in [3.05, 3.63) is 132 Å². The molecular formula is C29H28NP. The summed E-state index contributed by atoms with van der Waals surface area (Å²) in [4.78, 5) is 5.15. The van der Waals surface area contributed by atoms with E-state index in [-0.39, 0.29) is 6.04 Å². The lowest BCUT2D eigenvalue weighted by molar-refractivity contribution is 0.602. The molecule has 4 rings (SSSR count). The Hall–Kier alpha value is -3.02. The van der Waals surface area contributed by atoms with Gasteiger partial charge in [-0.2, -0.15) is 0 Å². The largest absolute Gasteiger partial charge is 0.288 e. The fourth-order valence-electron chi connectivity index (χ4n) is 3.91.